The molecule has 0 spiro atoms. The predicted octanol–water partition coefficient (Wildman–Crippen LogP) is 30.2. The van der Waals surface area contributed by atoms with Crippen LogP contribution in [0.1, 0.15) is 528 Å². The summed E-state index contributed by atoms with van der Waals surface area (Å²) in [6.45, 7) is 8.80. The number of carbonyl (C=O) groups excluding carboxylic acids is 4. The third-order valence-electron chi connectivity index (χ3n) is 25.7. The third-order valence-corrected chi connectivity index (χ3v) is 25.7. The van der Waals surface area contributed by atoms with E-state index in [1.807, 2.05) is 12.2 Å². The van der Waals surface area contributed by atoms with Crippen LogP contribution in [0.2, 0.25) is 0 Å². The summed E-state index contributed by atoms with van der Waals surface area (Å²) in [6.07, 6.45) is 119. The highest BCUT2D eigenvalue weighted by Crippen LogP contribution is 2.29. The van der Waals surface area contributed by atoms with Gasteiger partial charge < -0.3 is 0 Å². The molecule has 4 unspecified atom stereocenters. The largest absolute Gasteiger partial charge is 0.284 e. The molecule has 636 valence electrons. The number of nitrogens with zero attached hydrogens (tertiary/aromatic N) is 4. The molecule has 0 aromatic carbocycles. The van der Waals surface area contributed by atoms with Crippen molar-refractivity contribution in [3.05, 3.63) is 24.3 Å². The maximum atomic E-state index is 13.7. The van der Waals surface area contributed by atoms with Gasteiger partial charge in [0.2, 0.25) is 23.6 Å². The van der Waals surface area contributed by atoms with E-state index in [1.54, 1.807) is 0 Å². The van der Waals surface area contributed by atoms with Gasteiger partial charge in [0.25, 0.3) is 0 Å². The van der Waals surface area contributed by atoms with Gasteiger partial charge in [-0.15, -0.1) is 0 Å². The molecular weight excluding hydrogens is 1340 g/mol. The molecule has 0 aliphatic carbocycles. The van der Waals surface area contributed by atoms with Crippen molar-refractivity contribution in [1.82, 2.24) is 24.9 Å². The van der Waals surface area contributed by atoms with Gasteiger partial charge in [-0.3, -0.25) is 44.1 Å². The Morgan fingerprint density at radius 1 is 0.248 bits per heavy atom. The van der Waals surface area contributed by atoms with E-state index in [2.05, 4.69) is 41.1 Å². The van der Waals surface area contributed by atoms with Crippen LogP contribution in [0.5, 0.6) is 0 Å². The fraction of sp³-hybridized carbons (Fsp3) is 0.920. The van der Waals surface area contributed by atoms with Crippen LogP contribution < -0.4 is 5.32 Å². The summed E-state index contributed by atoms with van der Waals surface area (Å²) < 4.78 is 0. The molecule has 4 fully saturated rings. The van der Waals surface area contributed by atoms with Crippen molar-refractivity contribution in [3.63, 3.8) is 0 Å². The fourth-order valence-corrected chi connectivity index (χ4v) is 17.9. The lowest BCUT2D eigenvalue weighted by atomic mass is 10.0. The van der Waals surface area contributed by atoms with Crippen molar-refractivity contribution < 1.29 is 19.2 Å². The molecule has 0 aromatic rings. The first-order valence-electron chi connectivity index (χ1n) is 50.2. The number of hydrogen-bond donors (Lipinski definition) is 1. The quantitative estimate of drug-likeness (QED) is 0.0281. The zero-order valence-electron chi connectivity index (χ0n) is 73.4. The van der Waals surface area contributed by atoms with E-state index in [-0.39, 0.29) is 60.6 Å². The number of amides is 4. The van der Waals surface area contributed by atoms with Crippen LogP contribution in [0.3, 0.4) is 0 Å². The molecule has 4 saturated heterocycles. The van der Waals surface area contributed by atoms with E-state index >= 15 is 0 Å². The number of carbonyl (C=O) groups is 4. The Kier molecular flexibility index (Phi) is 67.6. The fourth-order valence-electron chi connectivity index (χ4n) is 17.9. The zero-order valence-corrected chi connectivity index (χ0v) is 73.4. The van der Waals surface area contributed by atoms with Crippen LogP contribution in [-0.4, -0.2) is 94.8 Å². The summed E-state index contributed by atoms with van der Waals surface area (Å²) in [5.41, 5.74) is 0. The van der Waals surface area contributed by atoms with E-state index in [1.165, 1.54) is 485 Å². The molecule has 109 heavy (non-hydrogen) atoms. The number of likely N-dealkylation sites (tertiary alicyclic amines) is 2. The van der Waals surface area contributed by atoms with Gasteiger partial charge in [0.15, 0.2) is 0 Å². The van der Waals surface area contributed by atoms with Crippen molar-refractivity contribution in [2.75, 3.05) is 39.3 Å². The van der Waals surface area contributed by atoms with Crippen LogP contribution in [0.25, 0.3) is 0 Å². The number of unbranched alkanes of at least 4 members (excludes halogenated alkanes) is 76. The minimum atomic E-state index is -0.384. The molecule has 0 aromatic heterocycles. The van der Waals surface area contributed by atoms with Gasteiger partial charge in [0.05, 0.1) is 37.3 Å². The van der Waals surface area contributed by atoms with Gasteiger partial charge in [-0.05, 0) is 25.7 Å². The minimum Gasteiger partial charge on any atom is -0.284 e. The Morgan fingerprint density at radius 2 is 0.404 bits per heavy atom. The Balaban J connectivity index is 0.852. The summed E-state index contributed by atoms with van der Waals surface area (Å²) in [7, 11) is 0. The van der Waals surface area contributed by atoms with Crippen LogP contribution >= 0.6 is 0 Å². The molecule has 4 aliphatic heterocycles. The van der Waals surface area contributed by atoms with Gasteiger partial charge in [-0.2, -0.15) is 0 Å². The van der Waals surface area contributed by atoms with Gasteiger partial charge in [0, 0.05) is 39.0 Å². The van der Waals surface area contributed by atoms with E-state index in [4.69, 9.17) is 0 Å². The minimum absolute atomic E-state index is 0.0954. The Labute approximate surface area is 679 Å². The van der Waals surface area contributed by atoms with Gasteiger partial charge >= 0.3 is 0 Å². The highest BCUT2D eigenvalue weighted by Gasteiger charge is 2.44. The molecule has 9 heteroatoms. The zero-order chi connectivity index (χ0) is 77.3. The van der Waals surface area contributed by atoms with Crippen molar-refractivity contribution >= 4 is 23.6 Å². The first-order chi connectivity index (χ1) is 53.9. The summed E-state index contributed by atoms with van der Waals surface area (Å²) in [5.74, 6) is -1.16. The summed E-state index contributed by atoms with van der Waals surface area (Å²) in [4.78, 5) is 61.5. The Bertz CT molecular complexity index is 1960. The molecule has 0 saturated carbocycles. The monoisotopic (exact) mass is 1520 g/mol. The summed E-state index contributed by atoms with van der Waals surface area (Å²) in [5, 5.41) is 3.71. The number of imide groups is 2. The van der Waals surface area contributed by atoms with Crippen LogP contribution in [-0.2, 0) is 19.2 Å². The van der Waals surface area contributed by atoms with E-state index in [0.29, 0.717) is 13.1 Å². The SMILES string of the molecule is CCCCCCCCCCCCCCCCCCCCCCCCCCCCCCCCCCCCCCCC/C=C/C1CC(=O)N(CC(NC(CN2C(=O)CC(/C=C/CCCCCCCCCCCCCCCCCCCCCCCCCCCCCCCCCCCCCCCC)C2=O)N2CC2)N2CC2)C1=O. The van der Waals surface area contributed by atoms with E-state index in [0.717, 1.165) is 51.9 Å². The summed E-state index contributed by atoms with van der Waals surface area (Å²) in [6, 6.07) is 0. The first kappa shape index (κ1) is 99.0. The van der Waals surface area contributed by atoms with Crippen LogP contribution in [0, 0.1) is 11.8 Å². The molecule has 1 N–H and O–H groups in total. The topological polar surface area (TPSA) is 92.8 Å². The van der Waals surface area contributed by atoms with Crippen molar-refractivity contribution in [3.8, 4) is 0 Å². The second-order valence-corrected chi connectivity index (χ2v) is 36.2. The number of hydrogen-bond acceptors (Lipinski definition) is 7. The molecular formula is C100H187N5O4. The number of nitrogens with one attached hydrogen (secondary N) is 1. The highest BCUT2D eigenvalue weighted by molar-refractivity contribution is 6.05. The first-order valence-corrected chi connectivity index (χ1v) is 50.2. The van der Waals surface area contributed by atoms with Crippen molar-refractivity contribution in [2.24, 2.45) is 11.8 Å². The summed E-state index contributed by atoms with van der Waals surface area (Å²) >= 11 is 0. The van der Waals surface area contributed by atoms with Gasteiger partial charge in [-0.25, -0.2) is 0 Å². The third kappa shape index (κ3) is 58.2. The average Bonchev–Trinajstić information content (AvgIpc) is 1.66. The van der Waals surface area contributed by atoms with E-state index < -0.39 is 0 Å². The molecule has 9 nitrogen and oxygen atoms in total. The standard InChI is InChI=1S/C100H187N5O4/c1-3-5-7-9-11-13-15-17-19-21-23-25-27-29-31-33-35-37-39-41-43-45-47-49-51-53-55-57-59-61-63-65-67-69-71-73-75-77-79-81-83-93-89-97(106)104(99(93)108)91-95(102-85-86-102)101-96(103-87-88-103)92-105-98(107)90-94(100(105)109)84-82-80-78-76-74-72-70-68-66-64-62-60-58-56-54-52-50-48-46-44-42-40-38-36-34-32-30-28-26-24-22-20-18-16-14-12-10-8-6-4-2/h81-84,93-96,101H,3-80,85-92H2,1-2H3/b83-81+,84-82+. The molecule has 0 bridgehead atoms. The Morgan fingerprint density at radius 3 is 0.560 bits per heavy atom. The normalized spacial score (nSPS) is 16.9. The molecule has 0 radical (unpaired) electrons. The maximum Gasteiger partial charge on any atom is 0.236 e. The van der Waals surface area contributed by atoms with Crippen LogP contribution in [0.4, 0.5) is 0 Å². The average molecular weight is 1520 g/mol. The number of allylic oxidation sites excluding steroid dienone is 2. The van der Waals surface area contributed by atoms with Gasteiger partial charge in [0.1, 0.15) is 0 Å². The number of rotatable bonds is 88. The highest BCUT2D eigenvalue weighted by atomic mass is 16.2. The smallest absolute Gasteiger partial charge is 0.236 e. The lowest BCUT2D eigenvalue weighted by Crippen LogP contribution is -2.56. The van der Waals surface area contributed by atoms with Crippen molar-refractivity contribution in [1.29, 1.82) is 0 Å². The second kappa shape index (κ2) is 74.5. The maximum absolute atomic E-state index is 13.7. The lowest BCUT2D eigenvalue weighted by molar-refractivity contribution is -0.140. The molecule has 4 atom stereocenters. The Hall–Kier alpha value is -2.36. The second-order valence-electron chi connectivity index (χ2n) is 36.2. The molecule has 4 heterocycles. The molecule has 4 rings (SSSR count). The predicted molar refractivity (Wildman–Crippen MR) is 473 cm³/mol. The molecule has 4 amide bonds. The van der Waals surface area contributed by atoms with Crippen molar-refractivity contribution in [2.45, 2.75) is 540 Å². The molecule has 4 aliphatic rings. The lowest BCUT2D eigenvalue weighted by Gasteiger charge is -2.32. The van der Waals surface area contributed by atoms with Gasteiger partial charge in [-0.1, -0.05) is 513 Å². The van der Waals surface area contributed by atoms with E-state index in [9.17, 15) is 19.2 Å². The van der Waals surface area contributed by atoms with Crippen LogP contribution in [0.15, 0.2) is 24.3 Å².